The molecule has 0 bridgehead atoms. The van der Waals surface area contributed by atoms with Gasteiger partial charge in [0.1, 0.15) is 0 Å². The number of hydrogen-bond acceptors (Lipinski definition) is 4. The lowest BCUT2D eigenvalue weighted by Gasteiger charge is -2.35. The van der Waals surface area contributed by atoms with Crippen LogP contribution in [0.2, 0.25) is 0 Å². The lowest BCUT2D eigenvalue weighted by atomic mass is 10.0. The van der Waals surface area contributed by atoms with Crippen LogP contribution in [0.4, 0.5) is 13.2 Å². The molecule has 1 rings (SSSR count). The van der Waals surface area contributed by atoms with Crippen LogP contribution in [-0.4, -0.2) is 34.2 Å². The Morgan fingerprint density at radius 2 is 2.00 bits per heavy atom. The van der Waals surface area contributed by atoms with Crippen LogP contribution >= 0.6 is 23.5 Å². The van der Waals surface area contributed by atoms with Crippen LogP contribution < -0.4 is 11.3 Å². The first kappa shape index (κ1) is 15.5. The molecule has 2 nitrogen and oxygen atoms in total. The highest BCUT2D eigenvalue weighted by molar-refractivity contribution is 8.07. The number of hydrazine groups is 1. The highest BCUT2D eigenvalue weighted by Crippen LogP contribution is 2.37. The predicted octanol–water partition coefficient (Wildman–Crippen LogP) is 2.79. The number of nitrogens with two attached hydrogens (primary N) is 1. The Balaban J connectivity index is 2.52. The SMILES string of the molecule is CCC1SCCSC1C(CCC(F)(F)F)NN. The highest BCUT2D eigenvalue weighted by atomic mass is 32.2. The van der Waals surface area contributed by atoms with Crippen molar-refractivity contribution in [3.63, 3.8) is 0 Å². The van der Waals surface area contributed by atoms with Gasteiger partial charge in [-0.15, -0.1) is 0 Å². The maximum absolute atomic E-state index is 12.2. The Bertz CT molecular complexity index is 226. The minimum absolute atomic E-state index is 0.0642. The van der Waals surface area contributed by atoms with E-state index >= 15 is 0 Å². The van der Waals surface area contributed by atoms with Gasteiger partial charge in [-0.25, -0.2) is 0 Å². The van der Waals surface area contributed by atoms with E-state index in [1.165, 1.54) is 0 Å². The van der Waals surface area contributed by atoms with Crippen LogP contribution in [0.3, 0.4) is 0 Å². The molecule has 1 heterocycles. The highest BCUT2D eigenvalue weighted by Gasteiger charge is 2.35. The first-order valence-electron chi connectivity index (χ1n) is 5.74. The predicted molar refractivity (Wildman–Crippen MR) is 69.2 cm³/mol. The molecule has 0 aromatic rings. The van der Waals surface area contributed by atoms with Crippen molar-refractivity contribution in [3.8, 4) is 0 Å². The second-order valence-corrected chi connectivity index (χ2v) is 6.71. The molecule has 1 fully saturated rings. The smallest absolute Gasteiger partial charge is 0.271 e. The fourth-order valence-electron chi connectivity index (χ4n) is 1.97. The molecule has 1 aliphatic rings. The van der Waals surface area contributed by atoms with Gasteiger partial charge in [-0.3, -0.25) is 11.3 Å². The van der Waals surface area contributed by atoms with Crippen LogP contribution in [0.1, 0.15) is 26.2 Å². The summed E-state index contributed by atoms with van der Waals surface area (Å²) in [6.45, 7) is 2.08. The summed E-state index contributed by atoms with van der Waals surface area (Å²) in [7, 11) is 0. The molecular weight excluding hydrogens is 269 g/mol. The normalized spacial score (nSPS) is 28.1. The van der Waals surface area contributed by atoms with Crippen molar-refractivity contribution >= 4 is 23.5 Å². The Kier molecular flexibility index (Phi) is 6.47. The van der Waals surface area contributed by atoms with Crippen LogP contribution in [-0.2, 0) is 0 Å². The van der Waals surface area contributed by atoms with Gasteiger partial charge >= 0.3 is 6.18 Å². The molecule has 17 heavy (non-hydrogen) atoms. The first-order chi connectivity index (χ1) is 7.98. The van der Waals surface area contributed by atoms with Crippen molar-refractivity contribution in [2.24, 2.45) is 5.84 Å². The molecule has 0 amide bonds. The lowest BCUT2D eigenvalue weighted by molar-refractivity contribution is -0.136. The van der Waals surface area contributed by atoms with Crippen molar-refractivity contribution < 1.29 is 13.2 Å². The maximum atomic E-state index is 12.2. The van der Waals surface area contributed by atoms with Crippen LogP contribution in [0.15, 0.2) is 0 Å². The maximum Gasteiger partial charge on any atom is 0.389 e. The largest absolute Gasteiger partial charge is 0.389 e. The molecule has 0 aromatic heterocycles. The van der Waals surface area contributed by atoms with Gasteiger partial charge in [0, 0.05) is 34.5 Å². The van der Waals surface area contributed by atoms with Crippen LogP contribution in [0, 0.1) is 0 Å². The molecule has 0 aliphatic carbocycles. The first-order valence-corrected chi connectivity index (χ1v) is 7.83. The third-order valence-electron chi connectivity index (χ3n) is 2.84. The molecule has 102 valence electrons. The molecule has 3 N–H and O–H groups in total. The number of hydrogen-bond donors (Lipinski definition) is 2. The standard InChI is InChI=1S/C10H19F3N2S2/c1-2-8-9(17-6-5-16-8)7(15-14)3-4-10(11,12)13/h7-9,15H,2-6,14H2,1H3. The van der Waals surface area contributed by atoms with Crippen LogP contribution in [0.5, 0.6) is 0 Å². The molecule has 1 aliphatic heterocycles. The summed E-state index contributed by atoms with van der Waals surface area (Å²) in [4.78, 5) is 0. The second kappa shape index (κ2) is 7.11. The average molecular weight is 288 g/mol. The number of thioether (sulfide) groups is 2. The quantitative estimate of drug-likeness (QED) is 0.603. The van der Waals surface area contributed by atoms with Crippen molar-refractivity contribution in [3.05, 3.63) is 0 Å². The van der Waals surface area contributed by atoms with Crippen molar-refractivity contribution in [2.75, 3.05) is 11.5 Å². The van der Waals surface area contributed by atoms with E-state index in [0.717, 1.165) is 17.9 Å². The van der Waals surface area contributed by atoms with E-state index < -0.39 is 12.6 Å². The van der Waals surface area contributed by atoms with Gasteiger partial charge in [0.25, 0.3) is 0 Å². The van der Waals surface area contributed by atoms with E-state index in [4.69, 9.17) is 5.84 Å². The second-order valence-electron chi connectivity index (χ2n) is 4.08. The van der Waals surface area contributed by atoms with Gasteiger partial charge in [-0.05, 0) is 12.8 Å². The van der Waals surface area contributed by atoms with Gasteiger partial charge in [0.05, 0.1) is 0 Å². The monoisotopic (exact) mass is 288 g/mol. The number of rotatable bonds is 5. The lowest BCUT2D eigenvalue weighted by Crippen LogP contribution is -2.48. The van der Waals surface area contributed by atoms with E-state index in [-0.39, 0.29) is 17.7 Å². The van der Waals surface area contributed by atoms with Gasteiger partial charge < -0.3 is 0 Å². The molecule has 3 atom stereocenters. The van der Waals surface area contributed by atoms with Gasteiger partial charge in [0.15, 0.2) is 0 Å². The Labute approximate surface area is 109 Å². The summed E-state index contributed by atoms with van der Waals surface area (Å²) in [6, 6.07) is -0.251. The molecule has 3 unspecified atom stereocenters. The van der Waals surface area contributed by atoms with Gasteiger partial charge in [-0.2, -0.15) is 36.7 Å². The minimum Gasteiger partial charge on any atom is -0.271 e. The van der Waals surface area contributed by atoms with Crippen molar-refractivity contribution in [1.82, 2.24) is 5.43 Å². The summed E-state index contributed by atoms with van der Waals surface area (Å²) >= 11 is 3.60. The Morgan fingerprint density at radius 3 is 2.53 bits per heavy atom. The Morgan fingerprint density at radius 1 is 1.35 bits per heavy atom. The topological polar surface area (TPSA) is 38.0 Å². The fraction of sp³-hybridized carbons (Fsp3) is 1.00. The molecular formula is C10H19F3N2S2. The van der Waals surface area contributed by atoms with E-state index in [2.05, 4.69) is 12.3 Å². The summed E-state index contributed by atoms with van der Waals surface area (Å²) in [6.07, 6.45) is -3.81. The third-order valence-corrected chi connectivity index (χ3v) is 6.25. The number of alkyl halides is 3. The summed E-state index contributed by atoms with van der Waals surface area (Å²) in [5.74, 6) is 7.49. The minimum atomic E-state index is -4.09. The average Bonchev–Trinajstić information content (AvgIpc) is 2.29. The van der Waals surface area contributed by atoms with Crippen molar-refractivity contribution in [1.29, 1.82) is 0 Å². The zero-order valence-electron chi connectivity index (χ0n) is 9.80. The summed E-state index contributed by atoms with van der Waals surface area (Å²) < 4.78 is 36.7. The van der Waals surface area contributed by atoms with E-state index in [1.807, 2.05) is 11.8 Å². The Hall–Kier alpha value is 0.410. The zero-order valence-corrected chi connectivity index (χ0v) is 11.4. The van der Waals surface area contributed by atoms with Crippen molar-refractivity contribution in [2.45, 2.75) is 48.9 Å². The van der Waals surface area contributed by atoms with Crippen LogP contribution in [0.25, 0.3) is 0 Å². The molecule has 7 heteroatoms. The molecule has 0 aromatic carbocycles. The molecule has 0 radical (unpaired) electrons. The van der Waals surface area contributed by atoms with Gasteiger partial charge in [-0.1, -0.05) is 6.92 Å². The summed E-state index contributed by atoms with van der Waals surface area (Å²) in [5, 5.41) is 0.592. The van der Waals surface area contributed by atoms with E-state index in [1.54, 1.807) is 11.8 Å². The van der Waals surface area contributed by atoms with E-state index in [9.17, 15) is 13.2 Å². The van der Waals surface area contributed by atoms with E-state index in [0.29, 0.717) is 5.25 Å². The molecule has 0 spiro atoms. The summed E-state index contributed by atoms with van der Waals surface area (Å²) in [5.41, 5.74) is 2.57. The molecule has 0 saturated carbocycles. The number of nitrogens with one attached hydrogen (secondary N) is 1. The number of halogens is 3. The van der Waals surface area contributed by atoms with Gasteiger partial charge in [0.2, 0.25) is 0 Å². The zero-order chi connectivity index (χ0) is 12.9. The third kappa shape index (κ3) is 5.28. The molecule has 1 saturated heterocycles. The fourth-order valence-corrected chi connectivity index (χ4v) is 5.26.